The van der Waals surface area contributed by atoms with Crippen molar-refractivity contribution in [3.63, 3.8) is 0 Å². The Hall–Kier alpha value is -1.18. The minimum Gasteiger partial charge on any atom is -0.397 e. The zero-order valence-electron chi connectivity index (χ0n) is 10.5. The third-order valence-electron chi connectivity index (χ3n) is 3.32. The van der Waals surface area contributed by atoms with Crippen LogP contribution in [0.15, 0.2) is 18.2 Å². The molecule has 0 aromatic heterocycles. The molecule has 0 spiro atoms. The van der Waals surface area contributed by atoms with Crippen molar-refractivity contribution < 1.29 is 0 Å². The van der Waals surface area contributed by atoms with Gasteiger partial charge in [0, 0.05) is 12.6 Å². The summed E-state index contributed by atoms with van der Waals surface area (Å²) >= 11 is 0. The molecule has 1 aromatic rings. The highest BCUT2D eigenvalue weighted by Crippen LogP contribution is 2.30. The Balaban J connectivity index is 3.06. The Morgan fingerprint density at radius 3 is 2.40 bits per heavy atom. The van der Waals surface area contributed by atoms with Crippen LogP contribution in [0.25, 0.3) is 0 Å². The molecule has 15 heavy (non-hydrogen) atoms. The van der Waals surface area contributed by atoms with Crippen LogP contribution in [0, 0.1) is 6.92 Å². The van der Waals surface area contributed by atoms with Gasteiger partial charge in [-0.05, 0) is 44.9 Å². The molecule has 0 aliphatic heterocycles. The van der Waals surface area contributed by atoms with Crippen LogP contribution >= 0.6 is 0 Å². The zero-order chi connectivity index (χ0) is 11.6. The van der Waals surface area contributed by atoms with Gasteiger partial charge in [0.15, 0.2) is 0 Å². The lowest BCUT2D eigenvalue weighted by molar-refractivity contribution is 0.471. The molecule has 0 bridgehead atoms. The van der Waals surface area contributed by atoms with Gasteiger partial charge in [0.05, 0.1) is 11.4 Å². The van der Waals surface area contributed by atoms with Gasteiger partial charge in [0.1, 0.15) is 0 Å². The van der Waals surface area contributed by atoms with Gasteiger partial charge in [0.2, 0.25) is 0 Å². The maximum Gasteiger partial charge on any atom is 0.0601 e. The quantitative estimate of drug-likeness (QED) is 0.769. The Bertz CT molecular complexity index is 342. The molecule has 0 radical (unpaired) electrons. The predicted octanol–water partition coefficient (Wildman–Crippen LogP) is 3.20. The van der Waals surface area contributed by atoms with E-state index < -0.39 is 0 Å². The van der Waals surface area contributed by atoms with Crippen LogP contribution in [0.2, 0.25) is 0 Å². The van der Waals surface area contributed by atoms with Gasteiger partial charge in [-0.15, -0.1) is 0 Å². The number of hydrogen-bond donors (Lipinski definition) is 1. The summed E-state index contributed by atoms with van der Waals surface area (Å²) in [5.41, 5.74) is 9.36. The molecule has 0 aliphatic carbocycles. The Labute approximate surface area is 93.1 Å². The summed E-state index contributed by atoms with van der Waals surface area (Å²) in [6.07, 6.45) is 1.09. The highest BCUT2D eigenvalue weighted by molar-refractivity contribution is 5.69. The molecule has 1 rings (SSSR count). The van der Waals surface area contributed by atoms with Gasteiger partial charge in [-0.25, -0.2) is 0 Å². The lowest BCUT2D eigenvalue weighted by atomic mass is 9.98. The molecule has 0 heterocycles. The van der Waals surface area contributed by atoms with Crippen molar-refractivity contribution in [2.75, 3.05) is 17.7 Å². The molecule has 2 heteroatoms. The maximum absolute atomic E-state index is 6.03. The normalized spacial score (nSPS) is 11.5. The Morgan fingerprint density at radius 1 is 1.33 bits per heavy atom. The first-order valence-electron chi connectivity index (χ1n) is 5.48. The molecular formula is C13H22N2. The van der Waals surface area contributed by atoms with E-state index in [0.717, 1.165) is 17.8 Å². The lowest BCUT2D eigenvalue weighted by Gasteiger charge is -2.37. The van der Waals surface area contributed by atoms with Crippen LogP contribution in [-0.2, 0) is 0 Å². The van der Waals surface area contributed by atoms with E-state index >= 15 is 0 Å². The van der Waals surface area contributed by atoms with Crippen LogP contribution in [0.5, 0.6) is 0 Å². The highest BCUT2D eigenvalue weighted by Gasteiger charge is 2.22. The average molecular weight is 206 g/mol. The number of hydrogen-bond acceptors (Lipinski definition) is 2. The number of aryl methyl sites for hydroxylation is 1. The van der Waals surface area contributed by atoms with E-state index in [1.165, 1.54) is 5.56 Å². The van der Waals surface area contributed by atoms with E-state index in [-0.39, 0.29) is 5.54 Å². The minimum atomic E-state index is 0.142. The van der Waals surface area contributed by atoms with Gasteiger partial charge < -0.3 is 10.6 Å². The van der Waals surface area contributed by atoms with E-state index in [1.807, 2.05) is 6.07 Å². The summed E-state index contributed by atoms with van der Waals surface area (Å²) in [6.45, 7) is 8.71. The van der Waals surface area contributed by atoms with Gasteiger partial charge >= 0.3 is 0 Å². The minimum absolute atomic E-state index is 0.142. The van der Waals surface area contributed by atoms with Crippen LogP contribution in [-0.4, -0.2) is 12.6 Å². The van der Waals surface area contributed by atoms with E-state index in [9.17, 15) is 0 Å². The molecule has 0 unspecified atom stereocenters. The topological polar surface area (TPSA) is 29.3 Å². The fraction of sp³-hybridized carbons (Fsp3) is 0.538. The number of benzene rings is 1. The number of nitrogens with two attached hydrogens (primary N) is 1. The van der Waals surface area contributed by atoms with Crippen molar-refractivity contribution in [1.29, 1.82) is 0 Å². The van der Waals surface area contributed by atoms with Crippen molar-refractivity contribution in [2.24, 2.45) is 0 Å². The fourth-order valence-electron chi connectivity index (χ4n) is 1.54. The number of anilines is 2. The third-order valence-corrected chi connectivity index (χ3v) is 3.32. The molecule has 0 saturated heterocycles. The van der Waals surface area contributed by atoms with Gasteiger partial charge in [-0.3, -0.25) is 0 Å². The van der Waals surface area contributed by atoms with Gasteiger partial charge in [-0.1, -0.05) is 13.0 Å². The third kappa shape index (κ3) is 2.44. The van der Waals surface area contributed by atoms with Crippen LogP contribution < -0.4 is 10.6 Å². The molecule has 0 amide bonds. The lowest BCUT2D eigenvalue weighted by Crippen LogP contribution is -2.40. The molecule has 0 atom stereocenters. The monoisotopic (exact) mass is 206 g/mol. The summed E-state index contributed by atoms with van der Waals surface area (Å²) in [5, 5.41) is 0. The molecule has 0 fully saturated rings. The van der Waals surface area contributed by atoms with Crippen molar-refractivity contribution in [3.8, 4) is 0 Å². The summed E-state index contributed by atoms with van der Waals surface area (Å²) < 4.78 is 0. The summed E-state index contributed by atoms with van der Waals surface area (Å²) in [7, 11) is 2.10. The first-order chi connectivity index (χ1) is 6.88. The molecule has 2 nitrogen and oxygen atoms in total. The molecule has 1 aromatic carbocycles. The van der Waals surface area contributed by atoms with Crippen molar-refractivity contribution >= 4 is 11.4 Å². The molecular weight excluding hydrogens is 184 g/mol. The van der Waals surface area contributed by atoms with E-state index in [0.29, 0.717) is 0 Å². The fourth-order valence-corrected chi connectivity index (χ4v) is 1.54. The van der Waals surface area contributed by atoms with Crippen LogP contribution in [0.1, 0.15) is 32.8 Å². The highest BCUT2D eigenvalue weighted by atomic mass is 15.2. The molecule has 84 valence electrons. The van der Waals surface area contributed by atoms with Crippen molar-refractivity contribution in [1.82, 2.24) is 0 Å². The summed E-state index contributed by atoms with van der Waals surface area (Å²) in [4.78, 5) is 2.25. The second-order valence-corrected chi connectivity index (χ2v) is 4.79. The molecule has 0 saturated carbocycles. The summed E-state index contributed by atoms with van der Waals surface area (Å²) in [6, 6.07) is 6.23. The van der Waals surface area contributed by atoms with E-state index in [1.54, 1.807) is 0 Å². The first kappa shape index (κ1) is 11.9. The predicted molar refractivity (Wildman–Crippen MR) is 68.4 cm³/mol. The Morgan fingerprint density at radius 2 is 1.93 bits per heavy atom. The largest absolute Gasteiger partial charge is 0.397 e. The van der Waals surface area contributed by atoms with Gasteiger partial charge in [0.25, 0.3) is 0 Å². The number of nitrogen functional groups attached to an aromatic ring is 1. The average Bonchev–Trinajstić information content (AvgIpc) is 2.17. The number of rotatable bonds is 3. The van der Waals surface area contributed by atoms with Crippen molar-refractivity contribution in [2.45, 2.75) is 39.7 Å². The van der Waals surface area contributed by atoms with Crippen LogP contribution in [0.4, 0.5) is 11.4 Å². The molecule has 0 aliphatic rings. The smallest absolute Gasteiger partial charge is 0.0601 e. The number of nitrogens with zero attached hydrogens (tertiary/aromatic N) is 1. The second-order valence-electron chi connectivity index (χ2n) is 4.79. The summed E-state index contributed by atoms with van der Waals surface area (Å²) in [5.74, 6) is 0. The molecule has 2 N–H and O–H groups in total. The van der Waals surface area contributed by atoms with Gasteiger partial charge in [-0.2, -0.15) is 0 Å². The maximum atomic E-state index is 6.03. The standard InChI is InChI=1S/C13H22N2/c1-6-13(3,4)15(5)12-8-7-10(2)9-11(12)14/h7-9H,6,14H2,1-5H3. The first-order valence-corrected chi connectivity index (χ1v) is 5.48. The second kappa shape index (κ2) is 4.13. The van der Waals surface area contributed by atoms with Crippen molar-refractivity contribution in [3.05, 3.63) is 23.8 Å². The van der Waals surface area contributed by atoms with E-state index in [2.05, 4.69) is 51.8 Å². The SMILES string of the molecule is CCC(C)(C)N(C)c1ccc(C)cc1N. The van der Waals surface area contributed by atoms with Crippen LogP contribution in [0.3, 0.4) is 0 Å². The van der Waals surface area contributed by atoms with E-state index in [4.69, 9.17) is 5.73 Å². The Kier molecular flexibility index (Phi) is 3.28. The zero-order valence-corrected chi connectivity index (χ0v) is 10.5.